The Balaban J connectivity index is 2.05. The van der Waals surface area contributed by atoms with E-state index in [4.69, 9.17) is 11.5 Å². The van der Waals surface area contributed by atoms with Crippen LogP contribution in [0.2, 0.25) is 0 Å². The van der Waals surface area contributed by atoms with E-state index in [2.05, 4.69) is 0 Å². The summed E-state index contributed by atoms with van der Waals surface area (Å²) in [6, 6.07) is 20.0. The molecule has 4 N–H and O–H groups in total. The molecule has 0 spiro atoms. The number of aryl methyl sites for hydroxylation is 1. The van der Waals surface area contributed by atoms with Gasteiger partial charge in [0.05, 0.1) is 0 Å². The summed E-state index contributed by atoms with van der Waals surface area (Å²) < 4.78 is 13.2. The fourth-order valence-electron chi connectivity index (χ4n) is 2.87. The van der Waals surface area contributed by atoms with Crippen molar-refractivity contribution in [2.45, 2.75) is 12.8 Å². The van der Waals surface area contributed by atoms with Crippen LogP contribution in [0.3, 0.4) is 0 Å². The van der Waals surface area contributed by atoms with Crippen molar-refractivity contribution >= 4 is 11.6 Å². The van der Waals surface area contributed by atoms with Crippen LogP contribution in [0.25, 0.3) is 22.3 Å². The van der Waals surface area contributed by atoms with E-state index in [1.54, 1.807) is 12.1 Å². The largest absolute Gasteiger partial charge is 0.399 e. The SMILES string of the molecule is NC(=O)CCc1cc(-c2ccc(F)cc2)ccc1-c1cccc(N)c1. The van der Waals surface area contributed by atoms with Crippen molar-refractivity contribution < 1.29 is 9.18 Å². The van der Waals surface area contributed by atoms with Gasteiger partial charge in [0, 0.05) is 12.1 Å². The molecule has 126 valence electrons. The van der Waals surface area contributed by atoms with E-state index in [-0.39, 0.29) is 18.1 Å². The minimum absolute atomic E-state index is 0.266. The molecule has 0 aliphatic rings. The molecule has 4 heteroatoms. The van der Waals surface area contributed by atoms with Crippen molar-refractivity contribution in [3.63, 3.8) is 0 Å². The van der Waals surface area contributed by atoms with E-state index >= 15 is 0 Å². The van der Waals surface area contributed by atoms with Gasteiger partial charge in [0.1, 0.15) is 5.82 Å². The molecule has 0 saturated heterocycles. The fourth-order valence-corrected chi connectivity index (χ4v) is 2.87. The number of hydrogen-bond donors (Lipinski definition) is 2. The summed E-state index contributed by atoms with van der Waals surface area (Å²) in [5, 5.41) is 0. The number of anilines is 1. The van der Waals surface area contributed by atoms with Crippen LogP contribution in [0.4, 0.5) is 10.1 Å². The lowest BCUT2D eigenvalue weighted by atomic mass is 9.92. The number of amides is 1. The molecule has 3 aromatic rings. The average molecular weight is 334 g/mol. The number of rotatable bonds is 5. The Hall–Kier alpha value is -3.14. The second kappa shape index (κ2) is 7.18. The van der Waals surface area contributed by atoms with E-state index in [0.717, 1.165) is 27.8 Å². The van der Waals surface area contributed by atoms with Crippen molar-refractivity contribution in [2.75, 3.05) is 5.73 Å². The van der Waals surface area contributed by atoms with Gasteiger partial charge >= 0.3 is 0 Å². The number of benzene rings is 3. The van der Waals surface area contributed by atoms with Gasteiger partial charge in [-0.15, -0.1) is 0 Å². The first kappa shape index (κ1) is 16.7. The molecular formula is C21H19FN2O. The van der Waals surface area contributed by atoms with Gasteiger partial charge in [0.15, 0.2) is 0 Å². The Kier molecular flexibility index (Phi) is 4.80. The van der Waals surface area contributed by atoms with Gasteiger partial charge in [-0.3, -0.25) is 4.79 Å². The zero-order chi connectivity index (χ0) is 17.8. The monoisotopic (exact) mass is 334 g/mol. The molecule has 0 radical (unpaired) electrons. The highest BCUT2D eigenvalue weighted by Crippen LogP contribution is 2.31. The first-order valence-corrected chi connectivity index (χ1v) is 8.06. The first-order chi connectivity index (χ1) is 12.0. The molecule has 0 aromatic heterocycles. The van der Waals surface area contributed by atoms with Gasteiger partial charge in [-0.05, 0) is 58.5 Å². The van der Waals surface area contributed by atoms with Crippen molar-refractivity contribution in [3.05, 3.63) is 78.1 Å². The topological polar surface area (TPSA) is 69.1 Å². The molecule has 0 saturated carbocycles. The Labute approximate surface area is 146 Å². The first-order valence-electron chi connectivity index (χ1n) is 8.06. The standard InChI is InChI=1S/C21H19FN2O/c22-18-8-4-14(5-9-18)15-6-10-20(16-2-1-3-19(23)13-16)17(12-15)7-11-21(24)25/h1-6,8-10,12-13H,7,11,23H2,(H2,24,25). The summed E-state index contributed by atoms with van der Waals surface area (Å²) >= 11 is 0. The number of carbonyl (C=O) groups is 1. The molecule has 0 atom stereocenters. The minimum atomic E-state index is -0.342. The van der Waals surface area contributed by atoms with Crippen molar-refractivity contribution in [1.82, 2.24) is 0 Å². The molecule has 0 bridgehead atoms. The normalized spacial score (nSPS) is 10.6. The van der Waals surface area contributed by atoms with Crippen LogP contribution >= 0.6 is 0 Å². The van der Waals surface area contributed by atoms with Gasteiger partial charge in [-0.1, -0.05) is 42.5 Å². The van der Waals surface area contributed by atoms with Gasteiger partial charge in [-0.2, -0.15) is 0 Å². The van der Waals surface area contributed by atoms with Gasteiger partial charge in [0.25, 0.3) is 0 Å². The van der Waals surface area contributed by atoms with Crippen LogP contribution in [0.15, 0.2) is 66.7 Å². The predicted octanol–water partition coefficient (Wildman–Crippen LogP) is 4.16. The Morgan fingerprint density at radius 1 is 0.880 bits per heavy atom. The summed E-state index contributed by atoms with van der Waals surface area (Å²) in [4.78, 5) is 11.2. The predicted molar refractivity (Wildman–Crippen MR) is 99.2 cm³/mol. The molecule has 0 aliphatic carbocycles. The summed E-state index contributed by atoms with van der Waals surface area (Å²) in [5.74, 6) is -0.611. The van der Waals surface area contributed by atoms with Gasteiger partial charge < -0.3 is 11.5 Å². The summed E-state index contributed by atoms with van der Waals surface area (Å²) in [7, 11) is 0. The average Bonchev–Trinajstić information content (AvgIpc) is 2.60. The number of carbonyl (C=O) groups excluding carboxylic acids is 1. The lowest BCUT2D eigenvalue weighted by molar-refractivity contribution is -0.117. The molecule has 0 aliphatic heterocycles. The van der Waals surface area contributed by atoms with Crippen molar-refractivity contribution in [1.29, 1.82) is 0 Å². The molecule has 25 heavy (non-hydrogen) atoms. The molecular weight excluding hydrogens is 315 g/mol. The van der Waals surface area contributed by atoms with E-state index in [0.29, 0.717) is 12.1 Å². The highest BCUT2D eigenvalue weighted by Gasteiger charge is 2.10. The maximum atomic E-state index is 13.2. The highest BCUT2D eigenvalue weighted by molar-refractivity contribution is 5.77. The molecule has 0 fully saturated rings. The summed E-state index contributed by atoms with van der Waals surface area (Å²) in [5.41, 5.74) is 16.8. The molecule has 1 amide bonds. The smallest absolute Gasteiger partial charge is 0.217 e. The molecule has 3 aromatic carbocycles. The van der Waals surface area contributed by atoms with Crippen molar-refractivity contribution in [2.24, 2.45) is 5.73 Å². The van der Waals surface area contributed by atoms with E-state index in [1.165, 1.54) is 12.1 Å². The second-order valence-electron chi connectivity index (χ2n) is 5.97. The Morgan fingerprint density at radius 3 is 2.28 bits per heavy atom. The van der Waals surface area contributed by atoms with Crippen LogP contribution in [0.1, 0.15) is 12.0 Å². The zero-order valence-corrected chi connectivity index (χ0v) is 13.7. The number of hydrogen-bond acceptors (Lipinski definition) is 2. The Bertz CT molecular complexity index is 904. The third-order valence-corrected chi connectivity index (χ3v) is 4.12. The molecule has 0 unspecified atom stereocenters. The lowest BCUT2D eigenvalue weighted by Crippen LogP contribution is -2.11. The van der Waals surface area contributed by atoms with Crippen molar-refractivity contribution in [3.8, 4) is 22.3 Å². The highest BCUT2D eigenvalue weighted by atomic mass is 19.1. The molecule has 3 rings (SSSR count). The van der Waals surface area contributed by atoms with E-state index in [9.17, 15) is 9.18 Å². The van der Waals surface area contributed by atoms with Crippen LogP contribution < -0.4 is 11.5 Å². The van der Waals surface area contributed by atoms with Gasteiger partial charge in [-0.25, -0.2) is 4.39 Å². The van der Waals surface area contributed by atoms with Crippen LogP contribution in [-0.4, -0.2) is 5.91 Å². The lowest BCUT2D eigenvalue weighted by Gasteiger charge is -2.13. The quantitative estimate of drug-likeness (QED) is 0.688. The molecule has 0 heterocycles. The zero-order valence-electron chi connectivity index (χ0n) is 13.7. The molecule has 3 nitrogen and oxygen atoms in total. The number of halogens is 1. The minimum Gasteiger partial charge on any atom is -0.399 e. The van der Waals surface area contributed by atoms with Gasteiger partial charge in [0.2, 0.25) is 5.91 Å². The number of nitrogen functional groups attached to an aromatic ring is 1. The summed E-state index contributed by atoms with van der Waals surface area (Å²) in [6.45, 7) is 0. The van der Waals surface area contributed by atoms with Crippen LogP contribution in [0.5, 0.6) is 0 Å². The number of nitrogens with two attached hydrogens (primary N) is 2. The van der Waals surface area contributed by atoms with Crippen LogP contribution in [-0.2, 0) is 11.2 Å². The maximum absolute atomic E-state index is 13.2. The summed E-state index contributed by atoms with van der Waals surface area (Å²) in [6.07, 6.45) is 0.802. The van der Waals surface area contributed by atoms with E-state index in [1.807, 2.05) is 42.5 Å². The number of primary amides is 1. The second-order valence-corrected chi connectivity index (χ2v) is 5.97. The van der Waals surface area contributed by atoms with E-state index < -0.39 is 0 Å². The fraction of sp³-hybridized carbons (Fsp3) is 0.0952. The third-order valence-electron chi connectivity index (χ3n) is 4.12. The Morgan fingerprint density at radius 2 is 1.60 bits per heavy atom. The maximum Gasteiger partial charge on any atom is 0.217 e. The third kappa shape index (κ3) is 4.04. The van der Waals surface area contributed by atoms with Crippen LogP contribution in [0, 0.1) is 5.82 Å².